The molecule has 0 aliphatic carbocycles. The number of aromatic nitrogens is 2. The van der Waals surface area contributed by atoms with Crippen molar-refractivity contribution in [1.29, 1.82) is 0 Å². The molecule has 0 radical (unpaired) electrons. The van der Waals surface area contributed by atoms with Crippen LogP contribution in [0.25, 0.3) is 11.0 Å². The Bertz CT molecular complexity index is 552. The van der Waals surface area contributed by atoms with Gasteiger partial charge in [0.15, 0.2) is 0 Å². The molecular weight excluding hydrogens is 285 g/mol. The Morgan fingerprint density at radius 3 is 2.42 bits per heavy atom. The van der Waals surface area contributed by atoms with Gasteiger partial charge in [0, 0.05) is 18.7 Å². The number of imidazole rings is 1. The molecule has 1 aromatic carbocycles. The molecule has 2 aromatic rings. The lowest BCUT2D eigenvalue weighted by atomic mass is 10.1. The van der Waals surface area contributed by atoms with Crippen LogP contribution in [0.15, 0.2) is 12.1 Å². The lowest BCUT2D eigenvalue weighted by molar-refractivity contribution is 0.387. The van der Waals surface area contributed by atoms with Crippen LogP contribution in [0.2, 0.25) is 0 Å². The van der Waals surface area contributed by atoms with E-state index in [1.165, 1.54) is 0 Å². The highest BCUT2D eigenvalue weighted by atomic mass is 35.5. The number of aromatic hydroxyl groups is 1. The first kappa shape index (κ1) is 18.0. The number of phenolic OH excluding ortho intramolecular Hbond substituents is 1. The van der Waals surface area contributed by atoms with E-state index in [-0.39, 0.29) is 24.8 Å². The molecule has 0 bridgehead atoms. The van der Waals surface area contributed by atoms with Crippen LogP contribution in [0.3, 0.4) is 0 Å². The monoisotopic (exact) mass is 305 g/mol. The minimum atomic E-state index is 0. The van der Waals surface area contributed by atoms with Crippen molar-refractivity contribution in [3.05, 3.63) is 23.5 Å². The standard InChI is InChI=1S/C13H19N3O.2ClH/c1-5-16-9(2)14-13-10(8-15(3)4)12(17)7-6-11(13)16;;/h6-7,17H,5,8H2,1-4H3;2*1H. The molecule has 0 unspecified atom stereocenters. The van der Waals surface area contributed by atoms with Gasteiger partial charge in [-0.1, -0.05) is 0 Å². The van der Waals surface area contributed by atoms with Gasteiger partial charge in [0.25, 0.3) is 0 Å². The number of rotatable bonds is 3. The molecule has 108 valence electrons. The predicted octanol–water partition coefficient (Wildman–Crippen LogP) is 2.98. The number of hydrogen-bond acceptors (Lipinski definition) is 3. The van der Waals surface area contributed by atoms with Crippen LogP contribution in [0, 0.1) is 6.92 Å². The van der Waals surface area contributed by atoms with E-state index in [9.17, 15) is 5.11 Å². The highest BCUT2D eigenvalue weighted by Crippen LogP contribution is 2.28. The number of halogens is 2. The number of hydrogen-bond donors (Lipinski definition) is 1. The SMILES string of the molecule is CCn1c(C)nc2c(CN(C)C)c(O)ccc21.Cl.Cl. The van der Waals surface area contributed by atoms with Gasteiger partial charge in [0.1, 0.15) is 11.6 Å². The summed E-state index contributed by atoms with van der Waals surface area (Å²) in [4.78, 5) is 6.61. The zero-order chi connectivity index (χ0) is 12.6. The minimum Gasteiger partial charge on any atom is -0.508 e. The summed E-state index contributed by atoms with van der Waals surface area (Å²) < 4.78 is 2.16. The molecule has 1 aromatic heterocycles. The first-order valence-corrected chi connectivity index (χ1v) is 5.87. The second-order valence-corrected chi connectivity index (χ2v) is 4.57. The summed E-state index contributed by atoms with van der Waals surface area (Å²) in [6.07, 6.45) is 0. The summed E-state index contributed by atoms with van der Waals surface area (Å²) in [7, 11) is 3.98. The zero-order valence-corrected chi connectivity index (χ0v) is 13.3. The van der Waals surface area contributed by atoms with E-state index in [1.54, 1.807) is 6.07 Å². The fraction of sp³-hybridized carbons (Fsp3) is 0.462. The van der Waals surface area contributed by atoms with Crippen molar-refractivity contribution in [2.75, 3.05) is 14.1 Å². The van der Waals surface area contributed by atoms with Crippen molar-refractivity contribution in [1.82, 2.24) is 14.5 Å². The third kappa shape index (κ3) is 3.32. The molecular formula is C13H21Cl2N3O. The van der Waals surface area contributed by atoms with Gasteiger partial charge in [0.05, 0.1) is 11.0 Å². The predicted molar refractivity (Wildman–Crippen MR) is 83.7 cm³/mol. The van der Waals surface area contributed by atoms with Crippen LogP contribution >= 0.6 is 24.8 Å². The Morgan fingerprint density at radius 2 is 1.89 bits per heavy atom. The number of fused-ring (bicyclic) bond motifs is 1. The molecule has 19 heavy (non-hydrogen) atoms. The Balaban J connectivity index is 0.00000162. The maximum Gasteiger partial charge on any atom is 0.122 e. The van der Waals surface area contributed by atoms with Gasteiger partial charge in [0.2, 0.25) is 0 Å². The molecule has 2 rings (SSSR count). The maximum atomic E-state index is 9.95. The Morgan fingerprint density at radius 1 is 1.26 bits per heavy atom. The Labute approximate surface area is 126 Å². The van der Waals surface area contributed by atoms with E-state index in [0.717, 1.165) is 29.0 Å². The average molecular weight is 306 g/mol. The molecule has 0 atom stereocenters. The van der Waals surface area contributed by atoms with E-state index < -0.39 is 0 Å². The average Bonchev–Trinajstić information content (AvgIpc) is 2.58. The number of phenols is 1. The maximum absolute atomic E-state index is 9.95. The van der Waals surface area contributed by atoms with Crippen LogP contribution < -0.4 is 0 Å². The molecule has 1 heterocycles. The van der Waals surface area contributed by atoms with Crippen LogP contribution in [0.4, 0.5) is 0 Å². The van der Waals surface area contributed by atoms with Gasteiger partial charge in [-0.15, -0.1) is 24.8 Å². The molecule has 0 aliphatic heterocycles. The number of nitrogens with zero attached hydrogens (tertiary/aromatic N) is 3. The van der Waals surface area contributed by atoms with Crippen molar-refractivity contribution in [3.8, 4) is 5.75 Å². The third-order valence-electron chi connectivity index (χ3n) is 2.98. The largest absolute Gasteiger partial charge is 0.508 e. The molecule has 1 N–H and O–H groups in total. The summed E-state index contributed by atoms with van der Waals surface area (Å²) in [5.41, 5.74) is 2.92. The summed E-state index contributed by atoms with van der Waals surface area (Å²) in [5.74, 6) is 1.32. The molecule has 0 fully saturated rings. The lowest BCUT2D eigenvalue weighted by Crippen LogP contribution is -2.11. The first-order valence-electron chi connectivity index (χ1n) is 5.87. The molecule has 0 saturated carbocycles. The van der Waals surface area contributed by atoms with Gasteiger partial charge in [-0.3, -0.25) is 0 Å². The number of aryl methyl sites for hydroxylation is 2. The van der Waals surface area contributed by atoms with E-state index in [4.69, 9.17) is 0 Å². The van der Waals surface area contributed by atoms with Gasteiger partial charge >= 0.3 is 0 Å². The highest BCUT2D eigenvalue weighted by Gasteiger charge is 2.14. The van der Waals surface area contributed by atoms with E-state index in [1.807, 2.05) is 32.0 Å². The fourth-order valence-electron chi connectivity index (χ4n) is 2.22. The fourth-order valence-corrected chi connectivity index (χ4v) is 2.22. The Hall–Kier alpha value is -0.970. The molecule has 0 spiro atoms. The van der Waals surface area contributed by atoms with E-state index in [2.05, 4.69) is 16.5 Å². The topological polar surface area (TPSA) is 41.3 Å². The van der Waals surface area contributed by atoms with Crippen LogP contribution in [-0.4, -0.2) is 33.7 Å². The quantitative estimate of drug-likeness (QED) is 0.948. The van der Waals surface area contributed by atoms with E-state index in [0.29, 0.717) is 12.3 Å². The molecule has 4 nitrogen and oxygen atoms in total. The second kappa shape index (κ2) is 6.98. The van der Waals surface area contributed by atoms with Crippen molar-refractivity contribution in [2.45, 2.75) is 26.9 Å². The van der Waals surface area contributed by atoms with Crippen molar-refractivity contribution < 1.29 is 5.11 Å². The summed E-state index contributed by atoms with van der Waals surface area (Å²) >= 11 is 0. The van der Waals surface area contributed by atoms with E-state index >= 15 is 0 Å². The van der Waals surface area contributed by atoms with Crippen LogP contribution in [-0.2, 0) is 13.1 Å². The number of benzene rings is 1. The lowest BCUT2D eigenvalue weighted by Gasteiger charge is -2.12. The molecule has 0 aliphatic rings. The summed E-state index contributed by atoms with van der Waals surface area (Å²) in [5, 5.41) is 9.95. The zero-order valence-electron chi connectivity index (χ0n) is 11.7. The molecule has 0 saturated heterocycles. The van der Waals surface area contributed by atoms with Crippen molar-refractivity contribution in [2.24, 2.45) is 0 Å². The van der Waals surface area contributed by atoms with Crippen LogP contribution in [0.5, 0.6) is 5.75 Å². The normalized spacial score (nSPS) is 10.4. The van der Waals surface area contributed by atoms with Crippen LogP contribution in [0.1, 0.15) is 18.3 Å². The summed E-state index contributed by atoms with van der Waals surface area (Å²) in [6.45, 7) is 5.70. The minimum absolute atomic E-state index is 0. The van der Waals surface area contributed by atoms with Crippen molar-refractivity contribution >= 4 is 35.8 Å². The highest BCUT2D eigenvalue weighted by molar-refractivity contribution is 5.85. The second-order valence-electron chi connectivity index (χ2n) is 4.57. The van der Waals surface area contributed by atoms with Crippen molar-refractivity contribution in [3.63, 3.8) is 0 Å². The van der Waals surface area contributed by atoms with Gasteiger partial charge in [-0.25, -0.2) is 4.98 Å². The first-order chi connectivity index (χ1) is 8.04. The smallest absolute Gasteiger partial charge is 0.122 e. The third-order valence-corrected chi connectivity index (χ3v) is 2.98. The summed E-state index contributed by atoms with van der Waals surface area (Å²) in [6, 6.07) is 3.70. The molecule has 0 amide bonds. The van der Waals surface area contributed by atoms with Gasteiger partial charge < -0.3 is 14.6 Å². The van der Waals surface area contributed by atoms with Gasteiger partial charge in [-0.05, 0) is 40.1 Å². The Kier molecular flexibility index (Phi) is 6.63. The molecule has 6 heteroatoms. The van der Waals surface area contributed by atoms with Gasteiger partial charge in [-0.2, -0.15) is 0 Å².